The maximum Gasteiger partial charge on any atom is 0.258 e. The first-order chi connectivity index (χ1) is 16.0. The van der Waals surface area contributed by atoms with Crippen LogP contribution in [0.3, 0.4) is 0 Å². The number of carbonyl (C=O) groups excluding carboxylic acids is 1. The molecule has 0 aliphatic carbocycles. The van der Waals surface area contributed by atoms with E-state index in [2.05, 4.69) is 20.3 Å². The second-order valence-electron chi connectivity index (χ2n) is 7.25. The highest BCUT2D eigenvalue weighted by atomic mass is 32.2. The largest absolute Gasteiger partial charge is 0.322 e. The number of H-pyrrole nitrogens is 1. The number of benzene rings is 2. The Morgan fingerprint density at radius 2 is 1.91 bits per heavy atom. The van der Waals surface area contributed by atoms with Crippen LogP contribution in [0, 0.1) is 5.82 Å². The van der Waals surface area contributed by atoms with Gasteiger partial charge in [-0.15, -0.1) is 11.8 Å². The van der Waals surface area contributed by atoms with E-state index in [0.29, 0.717) is 45.5 Å². The van der Waals surface area contributed by atoms with Crippen molar-refractivity contribution in [1.82, 2.24) is 15.0 Å². The summed E-state index contributed by atoms with van der Waals surface area (Å²) < 4.78 is 13.1. The number of thioether (sulfide) groups is 1. The van der Waals surface area contributed by atoms with Crippen LogP contribution in [-0.4, -0.2) is 20.9 Å². The number of rotatable bonds is 7. The Morgan fingerprint density at radius 1 is 1.09 bits per heavy atom. The molecule has 2 aromatic carbocycles. The van der Waals surface area contributed by atoms with E-state index >= 15 is 0 Å². The number of nitrogens with zero attached hydrogens (tertiary/aromatic N) is 2. The van der Waals surface area contributed by atoms with Gasteiger partial charge in [-0.3, -0.25) is 9.59 Å². The summed E-state index contributed by atoms with van der Waals surface area (Å²) in [6.45, 7) is 1.93. The molecule has 2 aromatic heterocycles. The molecule has 4 rings (SSSR count). The Bertz CT molecular complexity index is 1340. The quantitative estimate of drug-likeness (QED) is 0.376. The third-order valence-corrected chi connectivity index (χ3v) is 5.93. The van der Waals surface area contributed by atoms with Gasteiger partial charge in [0.15, 0.2) is 0 Å². The number of aromatic nitrogens is 3. The topological polar surface area (TPSA) is 87.7 Å². The van der Waals surface area contributed by atoms with Gasteiger partial charge in [0.05, 0.1) is 5.56 Å². The fraction of sp³-hybridized carbons (Fsp3) is 0.120. The van der Waals surface area contributed by atoms with Crippen LogP contribution in [0.5, 0.6) is 0 Å². The smallest absolute Gasteiger partial charge is 0.258 e. The maximum atomic E-state index is 13.1. The molecule has 8 heteroatoms. The van der Waals surface area contributed by atoms with Gasteiger partial charge in [0, 0.05) is 35.0 Å². The van der Waals surface area contributed by atoms with Gasteiger partial charge in [-0.1, -0.05) is 31.2 Å². The molecule has 0 saturated heterocycles. The molecular weight excluding hydrogens is 439 g/mol. The van der Waals surface area contributed by atoms with Crippen LogP contribution >= 0.6 is 11.8 Å². The molecule has 0 saturated carbocycles. The third kappa shape index (κ3) is 5.72. The highest BCUT2D eigenvalue weighted by Gasteiger charge is 2.14. The van der Waals surface area contributed by atoms with Crippen LogP contribution in [0.4, 0.5) is 10.1 Å². The van der Waals surface area contributed by atoms with Crippen molar-refractivity contribution in [3.63, 3.8) is 0 Å². The van der Waals surface area contributed by atoms with E-state index in [9.17, 15) is 14.0 Å². The molecule has 0 aliphatic rings. The summed E-state index contributed by atoms with van der Waals surface area (Å²) in [5, 5.41) is 3.48. The summed E-state index contributed by atoms with van der Waals surface area (Å²) >= 11 is 1.41. The number of hydrogen-bond acceptors (Lipinski definition) is 5. The number of anilines is 1. The summed E-state index contributed by atoms with van der Waals surface area (Å²) in [7, 11) is 0. The first kappa shape index (κ1) is 22.4. The van der Waals surface area contributed by atoms with E-state index in [1.165, 1.54) is 30.0 Å². The molecule has 0 bridgehead atoms. The zero-order valence-electron chi connectivity index (χ0n) is 17.8. The van der Waals surface area contributed by atoms with Gasteiger partial charge in [0.2, 0.25) is 0 Å². The fourth-order valence-electron chi connectivity index (χ4n) is 3.18. The van der Waals surface area contributed by atoms with E-state index in [0.717, 1.165) is 5.56 Å². The Labute approximate surface area is 194 Å². The zero-order chi connectivity index (χ0) is 23.2. The first-order valence-electron chi connectivity index (χ1n) is 10.4. The van der Waals surface area contributed by atoms with Crippen LogP contribution in [-0.2, 0) is 12.2 Å². The van der Waals surface area contributed by atoms with Gasteiger partial charge >= 0.3 is 0 Å². The predicted molar refractivity (Wildman–Crippen MR) is 128 cm³/mol. The number of carbonyl (C=O) groups is 1. The Hall–Kier alpha value is -3.78. The van der Waals surface area contributed by atoms with Gasteiger partial charge in [0.1, 0.15) is 16.7 Å². The van der Waals surface area contributed by atoms with Gasteiger partial charge in [0.25, 0.3) is 11.5 Å². The first-order valence-corrected chi connectivity index (χ1v) is 11.3. The molecule has 1 amide bonds. The van der Waals surface area contributed by atoms with E-state index in [4.69, 9.17) is 0 Å². The molecule has 0 atom stereocenters. The van der Waals surface area contributed by atoms with Gasteiger partial charge in [-0.05, 0) is 48.4 Å². The van der Waals surface area contributed by atoms with Crippen molar-refractivity contribution in [1.29, 1.82) is 0 Å². The minimum atomic E-state index is -0.300. The molecule has 2 heterocycles. The highest BCUT2D eigenvalue weighted by molar-refractivity contribution is 7.98. The Balaban J connectivity index is 1.52. The average molecular weight is 461 g/mol. The predicted octanol–water partition coefficient (Wildman–Crippen LogP) is 5.08. The maximum absolute atomic E-state index is 13.1. The zero-order valence-corrected chi connectivity index (χ0v) is 18.7. The fourth-order valence-corrected chi connectivity index (χ4v) is 4.13. The van der Waals surface area contributed by atoms with Gasteiger partial charge < -0.3 is 10.3 Å². The molecule has 0 aliphatic heterocycles. The number of aryl methyl sites for hydroxylation is 1. The number of aromatic amines is 1. The second-order valence-corrected chi connectivity index (χ2v) is 8.21. The molecule has 6 nitrogen and oxygen atoms in total. The monoisotopic (exact) mass is 460 g/mol. The van der Waals surface area contributed by atoms with Gasteiger partial charge in [-0.2, -0.15) is 0 Å². The lowest BCUT2D eigenvalue weighted by molar-refractivity contribution is 0.102. The van der Waals surface area contributed by atoms with Crippen molar-refractivity contribution < 1.29 is 9.18 Å². The Kier molecular flexibility index (Phi) is 6.95. The van der Waals surface area contributed by atoms with Gasteiger partial charge in [-0.25, -0.2) is 14.4 Å². The summed E-state index contributed by atoms with van der Waals surface area (Å²) in [5.74, 6) is 0.419. The summed E-state index contributed by atoms with van der Waals surface area (Å²) in [6.07, 6.45) is 2.28. The van der Waals surface area contributed by atoms with E-state index in [1.54, 1.807) is 48.7 Å². The van der Waals surface area contributed by atoms with Crippen molar-refractivity contribution in [2.45, 2.75) is 24.1 Å². The molecule has 0 fully saturated rings. The van der Waals surface area contributed by atoms with Crippen molar-refractivity contribution in [3.8, 4) is 11.4 Å². The molecule has 0 unspecified atom stereocenters. The third-order valence-electron chi connectivity index (χ3n) is 4.86. The summed E-state index contributed by atoms with van der Waals surface area (Å²) in [6, 6.07) is 18.3. The van der Waals surface area contributed by atoms with E-state index < -0.39 is 0 Å². The standard InChI is InChI=1S/C25H21FN4O2S/c1-2-19-14-22(31)30-23(28-19)17-5-3-6-20(13-17)29-24(32)21-7-4-12-27-25(21)33-15-16-8-10-18(26)11-9-16/h3-14H,2,15H2,1H3,(H,29,32)(H,28,30,31). The summed E-state index contributed by atoms with van der Waals surface area (Å²) in [5.41, 5.74) is 3.11. The van der Waals surface area contributed by atoms with Crippen molar-refractivity contribution in [2.75, 3.05) is 5.32 Å². The molecule has 0 spiro atoms. The molecule has 0 radical (unpaired) electrons. The number of halogens is 1. The number of nitrogens with one attached hydrogen (secondary N) is 2. The molecule has 33 heavy (non-hydrogen) atoms. The van der Waals surface area contributed by atoms with Crippen LogP contribution < -0.4 is 10.9 Å². The van der Waals surface area contributed by atoms with Crippen molar-refractivity contribution in [3.05, 3.63) is 106 Å². The molecular formula is C25H21FN4O2S. The molecule has 166 valence electrons. The number of pyridine rings is 1. The molecule has 4 aromatic rings. The minimum Gasteiger partial charge on any atom is -0.322 e. The number of hydrogen-bond donors (Lipinski definition) is 2. The van der Waals surface area contributed by atoms with Crippen LogP contribution in [0.15, 0.2) is 82.7 Å². The highest BCUT2D eigenvalue weighted by Crippen LogP contribution is 2.26. The van der Waals surface area contributed by atoms with Crippen LogP contribution in [0.1, 0.15) is 28.5 Å². The van der Waals surface area contributed by atoms with Crippen molar-refractivity contribution in [2.24, 2.45) is 0 Å². The SMILES string of the molecule is CCc1cc(=O)[nH]c(-c2cccc(NC(=O)c3cccnc3SCc3ccc(F)cc3)c2)n1. The average Bonchev–Trinajstić information content (AvgIpc) is 2.83. The lowest BCUT2D eigenvalue weighted by atomic mass is 10.1. The van der Waals surface area contributed by atoms with E-state index in [-0.39, 0.29) is 17.3 Å². The summed E-state index contributed by atoms with van der Waals surface area (Å²) in [4.78, 5) is 36.5. The second kappa shape index (κ2) is 10.2. The lowest BCUT2D eigenvalue weighted by Gasteiger charge is -2.10. The normalized spacial score (nSPS) is 10.7. The van der Waals surface area contributed by atoms with Crippen LogP contribution in [0.2, 0.25) is 0 Å². The van der Waals surface area contributed by atoms with Crippen molar-refractivity contribution >= 4 is 23.4 Å². The number of amides is 1. The minimum absolute atomic E-state index is 0.218. The lowest BCUT2D eigenvalue weighted by Crippen LogP contribution is -2.14. The van der Waals surface area contributed by atoms with Crippen LogP contribution in [0.25, 0.3) is 11.4 Å². The molecule has 2 N–H and O–H groups in total. The van der Waals surface area contributed by atoms with E-state index in [1.807, 2.05) is 13.0 Å². The Morgan fingerprint density at radius 3 is 2.70 bits per heavy atom.